The summed E-state index contributed by atoms with van der Waals surface area (Å²) in [4.78, 5) is 123. The van der Waals surface area contributed by atoms with Gasteiger partial charge in [-0.1, -0.05) is 49.4 Å². The summed E-state index contributed by atoms with van der Waals surface area (Å²) in [6.07, 6.45) is 2.19. The number of aryl methyl sites for hydroxylation is 1. The summed E-state index contributed by atoms with van der Waals surface area (Å²) in [6.45, 7) is 7.07. The van der Waals surface area contributed by atoms with Crippen molar-refractivity contribution in [3.63, 3.8) is 0 Å². The molecule has 5 aromatic carbocycles. The van der Waals surface area contributed by atoms with Crippen LogP contribution < -0.4 is 26.2 Å². The Bertz CT molecular complexity index is 3640. The number of aromatic hydroxyl groups is 1. The molecule has 0 fully saturated rings. The molecule has 26 nitrogen and oxygen atoms in total. The number of hydrogen-bond donors (Lipinski definition) is 6. The minimum atomic E-state index is -1.05. The van der Waals surface area contributed by atoms with E-state index >= 15 is 0 Å². The molecule has 0 radical (unpaired) electrons. The van der Waals surface area contributed by atoms with E-state index < -0.39 is 53.8 Å². The molecule has 3 heterocycles. The second-order valence-corrected chi connectivity index (χ2v) is 22.2. The highest BCUT2D eigenvalue weighted by Gasteiger charge is 2.37. The van der Waals surface area contributed by atoms with E-state index in [1.807, 2.05) is 31.2 Å². The van der Waals surface area contributed by atoms with Gasteiger partial charge >= 0.3 is 12.2 Å². The van der Waals surface area contributed by atoms with Gasteiger partial charge in [0.2, 0.25) is 17.7 Å². The van der Waals surface area contributed by atoms with Gasteiger partial charge in [0.15, 0.2) is 5.69 Å². The van der Waals surface area contributed by atoms with Crippen LogP contribution in [-0.4, -0.2) is 191 Å². The molecule has 8 rings (SSSR count). The number of aliphatic hydroxyl groups excluding tert-OH is 1. The SMILES string of the molecule is Cc1cccc2c(CC(=O)N(CCOCCO)CCN(C)C(=O)OCc3ccc(NC(=O)[C@H](C)NC(=O)[C@@H](NC(=O)OCCOCCN4C(=O)C=CC4=O)C(C)C)cc3)cc3c(c12)[C@H](CCl)CN3C(=O)c1cn(-c2ccc(NC(=O)c3ccc(O)cc3)cc2)nn1. The highest BCUT2D eigenvalue weighted by molar-refractivity contribution is 6.19. The van der Waals surface area contributed by atoms with E-state index in [2.05, 4.69) is 31.6 Å². The van der Waals surface area contributed by atoms with Crippen LogP contribution in [0.1, 0.15) is 69.8 Å². The lowest BCUT2D eigenvalue weighted by Gasteiger charge is -2.26. The fourth-order valence-electron chi connectivity index (χ4n) is 10.1. The molecule has 9 amide bonds. The van der Waals surface area contributed by atoms with Crippen LogP contribution in [0.2, 0.25) is 0 Å². The Morgan fingerprint density at radius 1 is 0.780 bits per heavy atom. The maximum atomic E-state index is 14.6. The van der Waals surface area contributed by atoms with Gasteiger partial charge in [-0.25, -0.2) is 14.3 Å². The number of phenolic OH excluding ortho intramolecular Hbond substituents is 1. The number of nitrogens with one attached hydrogen (secondary N) is 4. The van der Waals surface area contributed by atoms with Gasteiger partial charge in [0.1, 0.15) is 31.0 Å². The van der Waals surface area contributed by atoms with Crippen LogP contribution in [0.25, 0.3) is 16.5 Å². The third-order valence-corrected chi connectivity index (χ3v) is 15.4. The zero-order valence-corrected chi connectivity index (χ0v) is 51.6. The quantitative estimate of drug-likeness (QED) is 0.0193. The summed E-state index contributed by atoms with van der Waals surface area (Å²) < 4.78 is 23.1. The molecule has 0 bridgehead atoms. The van der Waals surface area contributed by atoms with E-state index in [0.717, 1.165) is 26.8 Å². The van der Waals surface area contributed by atoms with Gasteiger partial charge in [0, 0.05) is 79.8 Å². The van der Waals surface area contributed by atoms with Crippen LogP contribution in [0.15, 0.2) is 115 Å². The first kappa shape index (κ1) is 67.2. The van der Waals surface area contributed by atoms with E-state index in [9.17, 15) is 53.4 Å². The van der Waals surface area contributed by atoms with Gasteiger partial charge in [-0.2, -0.15) is 0 Å². The molecule has 0 spiro atoms. The molecular formula is C64H72ClN11O15. The first-order valence-corrected chi connectivity index (χ1v) is 29.9. The molecule has 0 aliphatic carbocycles. The number of hydrogen-bond acceptors (Lipinski definition) is 17. The van der Waals surface area contributed by atoms with Crippen molar-refractivity contribution < 1.29 is 72.3 Å². The van der Waals surface area contributed by atoms with Crippen LogP contribution in [0.5, 0.6) is 5.75 Å². The van der Waals surface area contributed by atoms with E-state index in [4.69, 9.17) is 30.5 Å². The number of phenols is 1. The minimum Gasteiger partial charge on any atom is -0.508 e. The molecule has 6 N–H and O–H groups in total. The van der Waals surface area contributed by atoms with Crippen molar-refractivity contribution in [2.24, 2.45) is 5.92 Å². The lowest BCUT2D eigenvalue weighted by molar-refractivity contribution is -0.137. The topological polar surface area (TPSA) is 323 Å². The molecule has 0 saturated heterocycles. The summed E-state index contributed by atoms with van der Waals surface area (Å²) in [5.74, 6) is -3.53. The number of amides is 9. The number of anilines is 3. The number of nitrogens with zero attached hydrogens (tertiary/aromatic N) is 7. The molecule has 27 heteroatoms. The Morgan fingerprint density at radius 2 is 1.47 bits per heavy atom. The molecule has 3 atom stereocenters. The summed E-state index contributed by atoms with van der Waals surface area (Å²) in [5.41, 5.74) is 5.51. The van der Waals surface area contributed by atoms with Gasteiger partial charge in [-0.3, -0.25) is 38.5 Å². The van der Waals surface area contributed by atoms with Gasteiger partial charge in [0.25, 0.3) is 23.6 Å². The Labute approximate surface area is 529 Å². The standard InChI is InChI=1S/C64H72ClN11O15/c1-39(2)58(69-63(86)90-32-31-89-29-26-74-53(79)21-22-54(74)80)61(84)66-41(4)59(82)67-46-13-9-42(10-14-46)38-91-64(87)72(5)23-24-73(25-28-88-30-27-77)55(81)34-44-33-52-57(56-40(3)7-6-8-50(44)56)45(35-65)36-75(52)62(85)51-37-76(71-70-51)48-17-15-47(16-18-48)68-60(83)43-11-19-49(78)20-12-43/h6-22,33,37,39,41,45,58,77-78H,23-32,34-36,38H2,1-5H3,(H,66,84)(H,67,82)(H,68,83)(H,69,86)/t41-,45+,58-/m0/s1. The zero-order valence-electron chi connectivity index (χ0n) is 50.9. The number of alkyl carbamates (subject to hydrolysis) is 1. The fraction of sp³-hybridized carbons (Fsp3) is 0.359. The van der Waals surface area contributed by atoms with Crippen LogP contribution >= 0.6 is 11.6 Å². The largest absolute Gasteiger partial charge is 0.508 e. The summed E-state index contributed by atoms with van der Waals surface area (Å²) in [7, 11) is 1.54. The number of alkyl halides is 1. The number of fused-ring (bicyclic) bond motifs is 3. The van der Waals surface area contributed by atoms with Crippen LogP contribution in [-0.2, 0) is 55.9 Å². The summed E-state index contributed by atoms with van der Waals surface area (Å²) >= 11 is 6.66. The number of ether oxygens (including phenoxy) is 4. The maximum Gasteiger partial charge on any atom is 0.409 e. The number of aromatic nitrogens is 3. The van der Waals surface area contributed by atoms with E-state index in [0.29, 0.717) is 39.4 Å². The number of halogens is 1. The molecular weight excluding hydrogens is 1200 g/mol. The van der Waals surface area contributed by atoms with Crippen LogP contribution in [0, 0.1) is 12.8 Å². The maximum absolute atomic E-state index is 14.6. The van der Waals surface area contributed by atoms with Gasteiger partial charge in [0.05, 0.1) is 57.9 Å². The van der Waals surface area contributed by atoms with Crippen LogP contribution in [0.3, 0.4) is 0 Å². The van der Waals surface area contributed by atoms with Gasteiger partial charge in [-0.05, 0) is 120 Å². The number of rotatable bonds is 29. The molecule has 91 heavy (non-hydrogen) atoms. The Kier molecular flexibility index (Phi) is 23.3. The van der Waals surface area contributed by atoms with Crippen molar-refractivity contribution in [1.29, 1.82) is 0 Å². The molecule has 1 aromatic heterocycles. The molecule has 6 aromatic rings. The number of carbonyl (C=O) groups excluding carboxylic acids is 9. The minimum absolute atomic E-state index is 0.0244. The normalized spacial score (nSPS) is 14.0. The predicted molar refractivity (Wildman–Crippen MR) is 335 cm³/mol. The van der Waals surface area contributed by atoms with E-state index in [1.165, 1.54) is 66.2 Å². The Balaban J connectivity index is 0.836. The van der Waals surface area contributed by atoms with Gasteiger partial charge < -0.3 is 65.1 Å². The van der Waals surface area contributed by atoms with E-state index in [1.54, 1.807) is 72.2 Å². The van der Waals surface area contributed by atoms with Crippen molar-refractivity contribution in [3.8, 4) is 11.4 Å². The Morgan fingerprint density at radius 3 is 2.16 bits per heavy atom. The lowest BCUT2D eigenvalue weighted by atomic mass is 9.89. The first-order valence-electron chi connectivity index (χ1n) is 29.4. The number of aliphatic hydroxyl groups is 1. The van der Waals surface area contributed by atoms with Crippen molar-refractivity contribution in [1.82, 2.24) is 40.3 Å². The third-order valence-electron chi connectivity index (χ3n) is 15.1. The van der Waals surface area contributed by atoms with Crippen molar-refractivity contribution in [2.75, 3.05) is 101 Å². The van der Waals surface area contributed by atoms with Gasteiger partial charge in [-0.15, -0.1) is 16.7 Å². The Hall–Kier alpha value is -9.76. The van der Waals surface area contributed by atoms with Crippen molar-refractivity contribution >= 4 is 93.0 Å². The average molecular weight is 1270 g/mol. The number of likely N-dealkylation sites (N-methyl/N-ethyl adjacent to an activating group) is 1. The molecule has 2 aliphatic rings. The molecule has 2 aliphatic heterocycles. The lowest BCUT2D eigenvalue weighted by Crippen LogP contribution is -2.53. The summed E-state index contributed by atoms with van der Waals surface area (Å²) in [6, 6.07) is 24.7. The second-order valence-electron chi connectivity index (χ2n) is 21.9. The number of carbonyl (C=O) groups is 9. The predicted octanol–water partition coefficient (Wildman–Crippen LogP) is 5.45. The molecule has 0 unspecified atom stereocenters. The highest BCUT2D eigenvalue weighted by atomic mass is 35.5. The summed E-state index contributed by atoms with van der Waals surface area (Å²) in [5, 5.41) is 39.8. The fourth-order valence-corrected chi connectivity index (χ4v) is 10.3. The number of benzene rings is 5. The highest BCUT2D eigenvalue weighted by Crippen LogP contribution is 2.45. The second kappa shape index (κ2) is 31.6. The molecule has 0 saturated carbocycles. The van der Waals surface area contributed by atoms with E-state index in [-0.39, 0.29) is 126 Å². The molecule has 480 valence electrons. The zero-order chi connectivity index (χ0) is 65.3. The van der Waals surface area contributed by atoms with Crippen LogP contribution in [0.4, 0.5) is 26.7 Å². The smallest absolute Gasteiger partial charge is 0.409 e. The van der Waals surface area contributed by atoms with Crippen molar-refractivity contribution in [2.45, 2.75) is 58.7 Å². The monoisotopic (exact) mass is 1270 g/mol. The number of imide groups is 1. The first-order chi connectivity index (χ1) is 43.7. The third kappa shape index (κ3) is 17.6. The van der Waals surface area contributed by atoms with Crippen molar-refractivity contribution in [3.05, 3.63) is 149 Å². The average Bonchev–Trinajstić information content (AvgIpc) is 1.63.